The van der Waals surface area contributed by atoms with Crippen LogP contribution in [0.25, 0.3) is 0 Å². The zero-order valence-electron chi connectivity index (χ0n) is 22.5. The highest BCUT2D eigenvalue weighted by Crippen LogP contribution is 2.51. The second kappa shape index (κ2) is 11.7. The number of ether oxygens (including phenoxy) is 2. The zero-order valence-corrected chi connectivity index (χ0v) is 22.5. The summed E-state index contributed by atoms with van der Waals surface area (Å²) in [5.74, 6) is -1.54. The molecule has 0 radical (unpaired) electrons. The molecule has 2 atom stereocenters. The van der Waals surface area contributed by atoms with Crippen molar-refractivity contribution in [2.75, 3.05) is 18.6 Å². The molecule has 0 spiro atoms. The average molecular weight is 596 g/mol. The van der Waals surface area contributed by atoms with Crippen molar-refractivity contribution in [3.8, 4) is 5.75 Å². The van der Waals surface area contributed by atoms with E-state index >= 15 is 0 Å². The van der Waals surface area contributed by atoms with E-state index in [1.165, 1.54) is 24.1 Å². The molecule has 3 aromatic carbocycles. The van der Waals surface area contributed by atoms with E-state index < -0.39 is 47.4 Å². The number of benzene rings is 3. The number of carbonyl (C=O) groups is 2. The third-order valence-corrected chi connectivity index (χ3v) is 7.22. The zero-order chi connectivity index (χ0) is 30.9. The molecule has 42 heavy (non-hydrogen) atoms. The number of halogens is 6. The number of nitrogens with zero attached hydrogens (tertiary/aromatic N) is 1. The first-order valence-corrected chi connectivity index (χ1v) is 12.9. The molecular formula is C30H27F6NO5. The number of anilines is 1. The highest BCUT2D eigenvalue weighted by molar-refractivity contribution is 5.98. The first-order valence-electron chi connectivity index (χ1n) is 12.9. The van der Waals surface area contributed by atoms with Gasteiger partial charge in [-0.3, -0.25) is 4.79 Å². The Hall–Kier alpha value is -4.06. The third-order valence-electron chi connectivity index (χ3n) is 7.22. The minimum atomic E-state index is -6.06. The maximum atomic E-state index is 13.8. The van der Waals surface area contributed by atoms with Gasteiger partial charge >= 0.3 is 18.3 Å². The minimum Gasteiger partial charge on any atom is -0.489 e. The summed E-state index contributed by atoms with van der Waals surface area (Å²) in [6, 6.07) is 16.9. The molecule has 6 nitrogen and oxygen atoms in total. The molecule has 1 aliphatic heterocycles. The standard InChI is InChI=1S/C30H27F6NO5/c1-18(19-7-4-3-5-8-19)26(38)37-17-24(42-23-10-6-9-21(16-23)27(39)41-2)13-11-20-15-22(12-14-25(20)37)28(40,29(31,32)33)30(34,35)36/h3-10,12,14-16,18,24,40H,11,13,17H2,1-2H3. The molecule has 224 valence electrons. The molecule has 0 aromatic heterocycles. The summed E-state index contributed by atoms with van der Waals surface area (Å²) in [4.78, 5) is 27.0. The highest BCUT2D eigenvalue weighted by Gasteiger charge is 2.71. The Balaban J connectivity index is 1.76. The van der Waals surface area contributed by atoms with Gasteiger partial charge in [-0.25, -0.2) is 4.79 Å². The van der Waals surface area contributed by atoms with Gasteiger partial charge in [0.25, 0.3) is 5.60 Å². The molecule has 0 fully saturated rings. The summed E-state index contributed by atoms with van der Waals surface area (Å²) in [7, 11) is 1.21. The van der Waals surface area contributed by atoms with E-state index in [1.807, 2.05) is 0 Å². The van der Waals surface area contributed by atoms with Crippen LogP contribution >= 0.6 is 0 Å². The molecule has 1 N–H and O–H groups in total. The minimum absolute atomic E-state index is 0.00227. The van der Waals surface area contributed by atoms with Crippen molar-refractivity contribution in [1.29, 1.82) is 0 Å². The number of esters is 1. The van der Waals surface area contributed by atoms with E-state index in [-0.39, 0.29) is 42.0 Å². The summed E-state index contributed by atoms with van der Waals surface area (Å²) >= 11 is 0. The summed E-state index contributed by atoms with van der Waals surface area (Å²) in [5.41, 5.74) is -5.57. The molecular weight excluding hydrogens is 568 g/mol. The van der Waals surface area contributed by atoms with E-state index in [2.05, 4.69) is 0 Å². The summed E-state index contributed by atoms with van der Waals surface area (Å²) in [5, 5.41) is 9.98. The van der Waals surface area contributed by atoms with Crippen molar-refractivity contribution in [1.82, 2.24) is 0 Å². The fourth-order valence-electron chi connectivity index (χ4n) is 4.90. The van der Waals surface area contributed by atoms with Crippen molar-refractivity contribution < 1.29 is 50.5 Å². The van der Waals surface area contributed by atoms with Crippen molar-refractivity contribution in [3.63, 3.8) is 0 Å². The van der Waals surface area contributed by atoms with Gasteiger partial charge < -0.3 is 19.5 Å². The number of rotatable bonds is 6. The number of aliphatic hydroxyl groups is 1. The summed E-state index contributed by atoms with van der Waals surface area (Å²) < 4.78 is 92.6. The van der Waals surface area contributed by atoms with E-state index in [4.69, 9.17) is 9.47 Å². The van der Waals surface area contributed by atoms with Gasteiger partial charge in [0, 0.05) is 11.3 Å². The van der Waals surface area contributed by atoms with Crippen LogP contribution in [0.5, 0.6) is 5.75 Å². The highest BCUT2D eigenvalue weighted by atomic mass is 19.4. The smallest absolute Gasteiger partial charge is 0.430 e. The van der Waals surface area contributed by atoms with Crippen LogP contribution in [0.1, 0.15) is 46.3 Å². The van der Waals surface area contributed by atoms with Gasteiger partial charge in [-0.05, 0) is 55.2 Å². The van der Waals surface area contributed by atoms with Crippen LogP contribution < -0.4 is 9.64 Å². The summed E-state index contributed by atoms with van der Waals surface area (Å²) in [6.45, 7) is 1.55. The van der Waals surface area contributed by atoms with Crippen molar-refractivity contribution in [2.24, 2.45) is 0 Å². The van der Waals surface area contributed by atoms with Gasteiger partial charge in [-0.1, -0.05) is 48.5 Å². The Morgan fingerprint density at radius 1 is 0.929 bits per heavy atom. The Kier molecular flexibility index (Phi) is 8.58. The molecule has 0 saturated heterocycles. The van der Waals surface area contributed by atoms with Crippen molar-refractivity contribution >= 4 is 17.6 Å². The number of carbonyl (C=O) groups excluding carboxylic acids is 2. The van der Waals surface area contributed by atoms with Crippen molar-refractivity contribution in [2.45, 2.75) is 49.7 Å². The van der Waals surface area contributed by atoms with Gasteiger partial charge in [0.2, 0.25) is 5.91 Å². The lowest BCUT2D eigenvalue weighted by atomic mass is 9.89. The predicted octanol–water partition coefficient (Wildman–Crippen LogP) is 6.32. The van der Waals surface area contributed by atoms with Crippen LogP contribution in [-0.2, 0) is 21.6 Å². The quantitative estimate of drug-likeness (QED) is 0.267. The van der Waals surface area contributed by atoms with Crippen LogP contribution in [0.15, 0.2) is 72.8 Å². The van der Waals surface area contributed by atoms with Crippen LogP contribution in [0, 0.1) is 0 Å². The molecule has 12 heteroatoms. The fourth-order valence-corrected chi connectivity index (χ4v) is 4.90. The monoisotopic (exact) mass is 595 g/mol. The normalized spacial score (nSPS) is 16.7. The number of fused-ring (bicyclic) bond motifs is 1. The van der Waals surface area contributed by atoms with Crippen LogP contribution in [-0.4, -0.2) is 49.1 Å². The number of hydrogen-bond donors (Lipinski definition) is 1. The Labute approximate surface area is 237 Å². The number of amides is 1. The maximum absolute atomic E-state index is 13.8. The third kappa shape index (κ3) is 5.94. The average Bonchev–Trinajstić information content (AvgIpc) is 3.14. The van der Waals surface area contributed by atoms with E-state index in [9.17, 15) is 41.0 Å². The molecule has 4 rings (SSSR count). The molecule has 0 bridgehead atoms. The Morgan fingerprint density at radius 3 is 2.21 bits per heavy atom. The number of methoxy groups -OCH3 is 1. The topological polar surface area (TPSA) is 76.1 Å². The predicted molar refractivity (Wildman–Crippen MR) is 140 cm³/mol. The first kappa shape index (κ1) is 30.9. The van der Waals surface area contributed by atoms with E-state index in [1.54, 1.807) is 49.4 Å². The maximum Gasteiger partial charge on any atom is 0.430 e. The second-order valence-electron chi connectivity index (χ2n) is 9.93. The van der Waals surface area contributed by atoms with Crippen LogP contribution in [0.2, 0.25) is 0 Å². The molecule has 0 saturated carbocycles. The second-order valence-corrected chi connectivity index (χ2v) is 9.93. The lowest BCUT2D eigenvalue weighted by Crippen LogP contribution is -2.54. The number of alkyl halides is 6. The van der Waals surface area contributed by atoms with Gasteiger partial charge in [0.15, 0.2) is 0 Å². The molecule has 0 aliphatic carbocycles. The van der Waals surface area contributed by atoms with Crippen molar-refractivity contribution in [3.05, 3.63) is 95.1 Å². The van der Waals surface area contributed by atoms with Gasteiger partial charge in [0.1, 0.15) is 11.9 Å². The largest absolute Gasteiger partial charge is 0.489 e. The number of hydrogen-bond acceptors (Lipinski definition) is 5. The van der Waals surface area contributed by atoms with Gasteiger partial charge in [-0.15, -0.1) is 0 Å². The summed E-state index contributed by atoms with van der Waals surface area (Å²) in [6.07, 6.45) is -12.8. The van der Waals surface area contributed by atoms with Gasteiger partial charge in [-0.2, -0.15) is 26.3 Å². The van der Waals surface area contributed by atoms with Crippen LogP contribution in [0.3, 0.4) is 0 Å². The SMILES string of the molecule is COC(=O)c1cccc(OC2CCc3cc(C(O)(C(F)(F)F)C(F)(F)F)ccc3N(C(=O)C(C)c3ccccc3)C2)c1. The van der Waals surface area contributed by atoms with E-state index in [0.717, 1.165) is 6.07 Å². The van der Waals surface area contributed by atoms with E-state index in [0.29, 0.717) is 17.7 Å². The molecule has 1 heterocycles. The molecule has 3 aromatic rings. The molecule has 1 amide bonds. The molecule has 1 aliphatic rings. The Morgan fingerprint density at radius 2 is 1.60 bits per heavy atom. The van der Waals surface area contributed by atoms with Gasteiger partial charge in [0.05, 0.1) is 25.1 Å². The lowest BCUT2D eigenvalue weighted by Gasteiger charge is -2.34. The fraction of sp³-hybridized carbons (Fsp3) is 0.333. The molecule has 2 unspecified atom stereocenters. The van der Waals surface area contributed by atoms with Crippen LogP contribution in [0.4, 0.5) is 32.0 Å². The lowest BCUT2D eigenvalue weighted by molar-refractivity contribution is -0.376. The Bertz CT molecular complexity index is 1430. The first-order chi connectivity index (χ1) is 19.7. The number of aryl methyl sites for hydroxylation is 1.